The molecule has 3 N–H and O–H groups in total. The maximum Gasteiger partial charge on any atom is 0.250 e. The summed E-state index contributed by atoms with van der Waals surface area (Å²) >= 11 is 0. The van der Waals surface area contributed by atoms with E-state index in [1.807, 2.05) is 13.0 Å². The molecule has 2 atom stereocenters. The van der Waals surface area contributed by atoms with Gasteiger partial charge in [0.15, 0.2) is 0 Å². The maximum absolute atomic E-state index is 13.6. The zero-order valence-electron chi connectivity index (χ0n) is 16.9. The van der Waals surface area contributed by atoms with Crippen molar-refractivity contribution in [1.82, 2.24) is 10.5 Å². The molecule has 0 radical (unpaired) electrons. The normalized spacial score (nSPS) is 22.7. The van der Waals surface area contributed by atoms with Crippen LogP contribution < -0.4 is 16.0 Å². The maximum atomic E-state index is 13.6. The number of amides is 2. The number of carbonyl (C=O) groups excluding carboxylic acids is 2. The summed E-state index contributed by atoms with van der Waals surface area (Å²) in [5.41, 5.74) is 3.35. The van der Waals surface area contributed by atoms with Gasteiger partial charge < -0.3 is 20.5 Å². The predicted octanol–water partition coefficient (Wildman–Crippen LogP) is 3.78. The van der Waals surface area contributed by atoms with Crippen LogP contribution in [0.2, 0.25) is 0 Å². The second kappa shape index (κ2) is 7.70. The van der Waals surface area contributed by atoms with Crippen molar-refractivity contribution in [3.05, 3.63) is 29.7 Å². The molecule has 1 aliphatic carbocycles. The Balaban J connectivity index is 1.63. The molecule has 0 bridgehead atoms. The van der Waals surface area contributed by atoms with E-state index in [0.29, 0.717) is 42.1 Å². The molecule has 0 spiro atoms. The summed E-state index contributed by atoms with van der Waals surface area (Å²) in [6, 6.07) is 4.39. The summed E-state index contributed by atoms with van der Waals surface area (Å²) in [4.78, 5) is 24.1. The third-order valence-corrected chi connectivity index (χ3v) is 5.67. The number of carbonyl (C=O) groups is 2. The van der Waals surface area contributed by atoms with Gasteiger partial charge in [0.25, 0.3) is 0 Å². The second-order valence-electron chi connectivity index (χ2n) is 8.05. The van der Waals surface area contributed by atoms with Crippen molar-refractivity contribution in [2.24, 2.45) is 0 Å². The van der Waals surface area contributed by atoms with Crippen LogP contribution in [0.25, 0.3) is 11.1 Å². The topological polar surface area (TPSA) is 96.3 Å². The molecule has 1 saturated heterocycles. The van der Waals surface area contributed by atoms with E-state index in [1.165, 1.54) is 0 Å². The minimum atomic E-state index is -2.67. The van der Waals surface area contributed by atoms with Crippen molar-refractivity contribution in [2.45, 2.75) is 64.0 Å². The molecule has 1 saturated carbocycles. The number of halogens is 2. The molecule has 30 heavy (non-hydrogen) atoms. The molecule has 2 amide bonds. The third-order valence-electron chi connectivity index (χ3n) is 5.67. The van der Waals surface area contributed by atoms with E-state index in [2.05, 4.69) is 21.1 Å². The monoisotopic (exact) mass is 418 g/mol. The van der Waals surface area contributed by atoms with Gasteiger partial charge in [0.2, 0.25) is 17.7 Å². The third kappa shape index (κ3) is 4.15. The van der Waals surface area contributed by atoms with Crippen molar-refractivity contribution >= 4 is 23.2 Å². The molecular weight excluding hydrogens is 394 g/mol. The summed E-state index contributed by atoms with van der Waals surface area (Å²) in [7, 11) is 0. The van der Waals surface area contributed by atoms with Crippen LogP contribution in [0.15, 0.2) is 22.7 Å². The van der Waals surface area contributed by atoms with Crippen molar-refractivity contribution in [3.63, 3.8) is 0 Å². The van der Waals surface area contributed by atoms with E-state index in [9.17, 15) is 18.4 Å². The number of hydrogen-bond donors (Lipinski definition) is 3. The van der Waals surface area contributed by atoms with Crippen LogP contribution in [0, 0.1) is 13.8 Å². The average Bonchev–Trinajstić information content (AvgIpc) is 3.36. The summed E-state index contributed by atoms with van der Waals surface area (Å²) < 4.78 is 32.5. The Morgan fingerprint density at radius 3 is 2.67 bits per heavy atom. The molecule has 2 fully saturated rings. The van der Waals surface area contributed by atoms with Crippen LogP contribution >= 0.6 is 0 Å². The zero-order valence-corrected chi connectivity index (χ0v) is 16.9. The SMILES string of the molecule is Cc1noc(C)c1-c1ccc(N[C@@H]2CCC(F)(F)C2)c(NC(=O)C2CCC(=O)N2)c1. The van der Waals surface area contributed by atoms with Crippen molar-refractivity contribution < 1.29 is 22.9 Å². The lowest BCUT2D eigenvalue weighted by Crippen LogP contribution is -2.37. The minimum absolute atomic E-state index is 0.155. The first-order valence-corrected chi connectivity index (χ1v) is 10.0. The van der Waals surface area contributed by atoms with Crippen LogP contribution in [0.5, 0.6) is 0 Å². The molecule has 2 heterocycles. The Hall–Kier alpha value is -2.97. The quantitative estimate of drug-likeness (QED) is 0.687. The fraction of sp³-hybridized carbons (Fsp3) is 0.476. The fourth-order valence-electron chi connectivity index (χ4n) is 4.15. The molecule has 9 heteroatoms. The molecule has 2 aliphatic rings. The lowest BCUT2D eigenvalue weighted by atomic mass is 10.0. The molecule has 4 rings (SSSR count). The van der Waals surface area contributed by atoms with Gasteiger partial charge in [0.05, 0.1) is 17.1 Å². The van der Waals surface area contributed by atoms with Crippen LogP contribution in [0.3, 0.4) is 0 Å². The minimum Gasteiger partial charge on any atom is -0.380 e. The zero-order chi connectivity index (χ0) is 21.5. The van der Waals surface area contributed by atoms with Gasteiger partial charge in [-0.1, -0.05) is 11.2 Å². The van der Waals surface area contributed by atoms with Gasteiger partial charge in [0.1, 0.15) is 11.8 Å². The Labute approximate surface area is 172 Å². The van der Waals surface area contributed by atoms with Crippen LogP contribution in [-0.2, 0) is 9.59 Å². The van der Waals surface area contributed by atoms with Gasteiger partial charge >= 0.3 is 0 Å². The van der Waals surface area contributed by atoms with Crippen molar-refractivity contribution in [3.8, 4) is 11.1 Å². The largest absolute Gasteiger partial charge is 0.380 e. The number of benzene rings is 1. The molecular formula is C21H24F2N4O3. The van der Waals surface area contributed by atoms with Crippen LogP contribution in [0.4, 0.5) is 20.2 Å². The van der Waals surface area contributed by atoms with Crippen molar-refractivity contribution in [2.75, 3.05) is 10.6 Å². The van der Waals surface area contributed by atoms with Gasteiger partial charge in [-0.25, -0.2) is 8.78 Å². The van der Waals surface area contributed by atoms with Crippen LogP contribution in [0.1, 0.15) is 43.6 Å². The van der Waals surface area contributed by atoms with Gasteiger partial charge in [0, 0.05) is 30.9 Å². The highest BCUT2D eigenvalue weighted by Crippen LogP contribution is 2.38. The number of nitrogens with zero attached hydrogens (tertiary/aromatic N) is 1. The highest BCUT2D eigenvalue weighted by molar-refractivity contribution is 6.01. The lowest BCUT2D eigenvalue weighted by Gasteiger charge is -2.20. The summed E-state index contributed by atoms with van der Waals surface area (Å²) in [6.07, 6.45) is 0.679. The van der Waals surface area contributed by atoms with Gasteiger partial charge in [-0.2, -0.15) is 0 Å². The molecule has 1 aliphatic heterocycles. The number of rotatable bonds is 5. The number of hydrogen-bond acceptors (Lipinski definition) is 5. The molecule has 2 aromatic rings. The second-order valence-corrected chi connectivity index (χ2v) is 8.05. The highest BCUT2D eigenvalue weighted by Gasteiger charge is 2.39. The van der Waals surface area contributed by atoms with E-state index in [0.717, 1.165) is 11.1 Å². The van der Waals surface area contributed by atoms with Gasteiger partial charge in [-0.05, 0) is 44.4 Å². The first-order valence-electron chi connectivity index (χ1n) is 10.0. The first kappa shape index (κ1) is 20.3. The molecule has 1 aromatic heterocycles. The molecule has 1 unspecified atom stereocenters. The van der Waals surface area contributed by atoms with E-state index in [4.69, 9.17) is 4.52 Å². The Morgan fingerprint density at radius 2 is 2.07 bits per heavy atom. The number of aryl methyl sites for hydroxylation is 2. The van der Waals surface area contributed by atoms with Gasteiger partial charge in [-0.3, -0.25) is 9.59 Å². The van der Waals surface area contributed by atoms with E-state index < -0.39 is 12.0 Å². The number of nitrogens with one attached hydrogen (secondary N) is 3. The number of alkyl halides is 2. The predicted molar refractivity (Wildman–Crippen MR) is 107 cm³/mol. The number of aromatic nitrogens is 1. The van der Waals surface area contributed by atoms with E-state index in [-0.39, 0.29) is 30.7 Å². The highest BCUT2D eigenvalue weighted by atomic mass is 19.3. The van der Waals surface area contributed by atoms with E-state index in [1.54, 1.807) is 19.1 Å². The summed E-state index contributed by atoms with van der Waals surface area (Å²) in [5.74, 6) is -2.53. The van der Waals surface area contributed by atoms with Crippen molar-refractivity contribution in [1.29, 1.82) is 0 Å². The van der Waals surface area contributed by atoms with Gasteiger partial charge in [-0.15, -0.1) is 0 Å². The average molecular weight is 418 g/mol. The Morgan fingerprint density at radius 1 is 1.27 bits per heavy atom. The molecule has 1 aromatic carbocycles. The Kier molecular flexibility index (Phi) is 5.21. The molecule has 7 nitrogen and oxygen atoms in total. The Bertz CT molecular complexity index is 969. The van der Waals surface area contributed by atoms with Crippen LogP contribution in [-0.4, -0.2) is 35.0 Å². The number of anilines is 2. The fourth-order valence-corrected chi connectivity index (χ4v) is 4.15. The standard InChI is InChI=1S/C21H24F2N4O3/c1-11-19(12(2)30-27-11)13-3-4-15(24-14-7-8-21(22,23)10-14)17(9-13)26-20(29)16-5-6-18(28)25-16/h3-4,9,14,16,24H,5-8,10H2,1-2H3,(H,25,28)(H,26,29)/t14-,16?/m1/s1. The summed E-state index contributed by atoms with van der Waals surface area (Å²) in [5, 5.41) is 12.6. The van der Waals surface area contributed by atoms with E-state index >= 15 is 0 Å². The smallest absolute Gasteiger partial charge is 0.250 e. The molecule has 160 valence electrons. The first-order chi connectivity index (χ1) is 14.2. The summed E-state index contributed by atoms with van der Waals surface area (Å²) in [6.45, 7) is 3.62. The lowest BCUT2D eigenvalue weighted by molar-refractivity contribution is -0.122.